The Balaban J connectivity index is 1.53. The minimum atomic E-state index is -3.31. The minimum Gasteiger partial charge on any atom is -0.361 e. The molecule has 2 aromatic rings. The molecule has 1 aliphatic heterocycles. The number of rotatable bonds is 9. The molecule has 32 heavy (non-hydrogen) atoms. The molecule has 1 fully saturated rings. The molecule has 10 nitrogen and oxygen atoms in total. The molecule has 2 aromatic heterocycles. The number of sulfonamides is 1. The van der Waals surface area contributed by atoms with E-state index in [1.165, 1.54) is 10.5 Å². The summed E-state index contributed by atoms with van der Waals surface area (Å²) in [5.41, 5.74) is 1.35. The average Bonchev–Trinajstić information content (AvgIpc) is 3.31. The third-order valence-electron chi connectivity index (χ3n) is 5.37. The number of urea groups is 1. The monoisotopic (exact) mass is 482 g/mol. The minimum absolute atomic E-state index is 0.241. The highest BCUT2D eigenvalue weighted by atomic mass is 32.2. The number of carbonyl (C=O) groups excluding carboxylic acids is 1. The van der Waals surface area contributed by atoms with Gasteiger partial charge in [-0.05, 0) is 32.4 Å². The molecule has 0 radical (unpaired) electrons. The molecular formula is C20H34N6O4SSi. The van der Waals surface area contributed by atoms with Gasteiger partial charge in [0.2, 0.25) is 10.0 Å². The quantitative estimate of drug-likeness (QED) is 0.419. The van der Waals surface area contributed by atoms with E-state index in [0.29, 0.717) is 36.7 Å². The van der Waals surface area contributed by atoms with Crippen LogP contribution in [-0.2, 0) is 21.5 Å². The molecule has 2 amide bonds. The number of ether oxygens (including phenoxy) is 1. The SMILES string of the molecule is CC(C)S(=O)(=O)N1CC[C@@H](NC(=O)Nc2cnc3c(ccn3COCC[Si](C)(C)C)n2)C1. The summed E-state index contributed by atoms with van der Waals surface area (Å²) < 4.78 is 33.7. The zero-order valence-electron chi connectivity index (χ0n) is 19.5. The summed E-state index contributed by atoms with van der Waals surface area (Å²) in [7, 11) is -4.44. The van der Waals surface area contributed by atoms with Gasteiger partial charge in [0.1, 0.15) is 12.2 Å². The number of nitrogens with zero attached hydrogens (tertiary/aromatic N) is 4. The maximum Gasteiger partial charge on any atom is 0.320 e. The highest BCUT2D eigenvalue weighted by Gasteiger charge is 2.33. The van der Waals surface area contributed by atoms with E-state index in [0.717, 1.165) is 12.7 Å². The molecular weight excluding hydrogens is 448 g/mol. The Bertz CT molecular complexity index is 1050. The molecule has 0 bridgehead atoms. The van der Waals surface area contributed by atoms with Gasteiger partial charge in [-0.25, -0.2) is 23.2 Å². The molecule has 178 valence electrons. The zero-order valence-corrected chi connectivity index (χ0v) is 21.3. The number of carbonyl (C=O) groups is 1. The molecule has 12 heteroatoms. The van der Waals surface area contributed by atoms with E-state index >= 15 is 0 Å². The van der Waals surface area contributed by atoms with Gasteiger partial charge in [-0.1, -0.05) is 19.6 Å². The standard InChI is InChI=1S/C20H34N6O4SSi/c1-15(2)31(28,29)26-9-6-16(13-26)22-20(27)24-18-12-21-19-17(23-18)7-8-25(19)14-30-10-11-32(3,4)5/h7-8,12,15-16H,6,9-11,13-14H2,1-5H3,(H2,22,23,24,27)/t16-/m1/s1. The van der Waals surface area contributed by atoms with Crippen molar-refractivity contribution in [2.24, 2.45) is 0 Å². The second-order valence-corrected chi connectivity index (χ2v) is 17.7. The van der Waals surface area contributed by atoms with E-state index in [4.69, 9.17) is 4.74 Å². The third-order valence-corrected chi connectivity index (χ3v) is 9.32. The lowest BCUT2D eigenvalue weighted by atomic mass is 10.3. The van der Waals surface area contributed by atoms with Crippen molar-refractivity contribution < 1.29 is 17.9 Å². The van der Waals surface area contributed by atoms with Gasteiger partial charge in [-0.3, -0.25) is 5.32 Å². The number of nitrogens with one attached hydrogen (secondary N) is 2. The van der Waals surface area contributed by atoms with Crippen molar-refractivity contribution in [2.75, 3.05) is 25.0 Å². The van der Waals surface area contributed by atoms with Crippen LogP contribution in [0.2, 0.25) is 25.7 Å². The fraction of sp³-hybridized carbons (Fsp3) is 0.650. The number of aromatic nitrogens is 3. The molecule has 0 aromatic carbocycles. The smallest absolute Gasteiger partial charge is 0.320 e. The van der Waals surface area contributed by atoms with Gasteiger partial charge >= 0.3 is 6.03 Å². The summed E-state index contributed by atoms with van der Waals surface area (Å²) in [5.74, 6) is 0.331. The van der Waals surface area contributed by atoms with E-state index in [1.54, 1.807) is 13.8 Å². The van der Waals surface area contributed by atoms with Crippen LogP contribution in [0.5, 0.6) is 0 Å². The van der Waals surface area contributed by atoms with Crippen LogP contribution in [0.4, 0.5) is 10.6 Å². The number of amides is 2. The summed E-state index contributed by atoms with van der Waals surface area (Å²) >= 11 is 0. The molecule has 1 saturated heterocycles. The highest BCUT2D eigenvalue weighted by Crippen LogP contribution is 2.18. The van der Waals surface area contributed by atoms with E-state index in [2.05, 4.69) is 40.2 Å². The molecule has 0 spiro atoms. The van der Waals surface area contributed by atoms with Gasteiger partial charge in [-0.2, -0.15) is 4.31 Å². The van der Waals surface area contributed by atoms with Crippen molar-refractivity contribution in [3.8, 4) is 0 Å². The van der Waals surface area contributed by atoms with E-state index < -0.39 is 29.4 Å². The van der Waals surface area contributed by atoms with Gasteiger partial charge in [0.05, 0.1) is 11.4 Å². The van der Waals surface area contributed by atoms with Crippen LogP contribution in [0.1, 0.15) is 20.3 Å². The molecule has 1 aliphatic rings. The molecule has 0 saturated carbocycles. The maximum atomic E-state index is 12.4. The molecule has 1 atom stereocenters. The van der Waals surface area contributed by atoms with Crippen molar-refractivity contribution in [1.29, 1.82) is 0 Å². The highest BCUT2D eigenvalue weighted by molar-refractivity contribution is 7.89. The van der Waals surface area contributed by atoms with E-state index in [-0.39, 0.29) is 12.6 Å². The first-order chi connectivity index (χ1) is 15.0. The number of hydrogen-bond acceptors (Lipinski definition) is 6. The first kappa shape index (κ1) is 24.6. The maximum absolute atomic E-state index is 12.4. The second kappa shape index (κ2) is 9.85. The van der Waals surface area contributed by atoms with Crippen molar-refractivity contribution in [3.63, 3.8) is 0 Å². The fourth-order valence-electron chi connectivity index (χ4n) is 3.38. The van der Waals surface area contributed by atoms with Crippen LogP contribution in [-0.4, -0.2) is 72.4 Å². The Labute approximate surface area is 190 Å². The average molecular weight is 483 g/mol. The second-order valence-electron chi connectivity index (χ2n) is 9.63. The zero-order chi connectivity index (χ0) is 23.5. The predicted octanol–water partition coefficient (Wildman–Crippen LogP) is 2.68. The van der Waals surface area contributed by atoms with Gasteiger partial charge in [0.25, 0.3) is 0 Å². The Morgan fingerprint density at radius 1 is 1.34 bits per heavy atom. The summed E-state index contributed by atoms with van der Waals surface area (Å²) in [6, 6.07) is 2.26. The van der Waals surface area contributed by atoms with Gasteiger partial charge in [0.15, 0.2) is 11.5 Å². The number of fused-ring (bicyclic) bond motifs is 1. The van der Waals surface area contributed by atoms with E-state index in [1.807, 2.05) is 16.8 Å². The number of anilines is 1. The van der Waals surface area contributed by atoms with Crippen molar-refractivity contribution in [1.82, 2.24) is 24.2 Å². The third kappa shape index (κ3) is 6.27. The van der Waals surface area contributed by atoms with Crippen molar-refractivity contribution >= 4 is 41.1 Å². The predicted molar refractivity (Wildman–Crippen MR) is 128 cm³/mol. The van der Waals surface area contributed by atoms with Gasteiger partial charge in [0, 0.05) is 40.0 Å². The topological polar surface area (TPSA) is 118 Å². The van der Waals surface area contributed by atoms with Crippen LogP contribution in [0.15, 0.2) is 18.5 Å². The summed E-state index contributed by atoms with van der Waals surface area (Å²) in [4.78, 5) is 21.2. The largest absolute Gasteiger partial charge is 0.361 e. The van der Waals surface area contributed by atoms with Crippen LogP contribution in [0.3, 0.4) is 0 Å². The fourth-order valence-corrected chi connectivity index (χ4v) is 5.48. The first-order valence-electron chi connectivity index (χ1n) is 10.9. The first-order valence-corrected chi connectivity index (χ1v) is 16.1. The van der Waals surface area contributed by atoms with Crippen LogP contribution >= 0.6 is 0 Å². The Kier molecular flexibility index (Phi) is 7.58. The van der Waals surface area contributed by atoms with Crippen LogP contribution < -0.4 is 10.6 Å². The number of hydrogen-bond donors (Lipinski definition) is 2. The Hall–Kier alpha value is -2.02. The van der Waals surface area contributed by atoms with Crippen molar-refractivity contribution in [2.45, 2.75) is 64.0 Å². The summed E-state index contributed by atoms with van der Waals surface area (Å²) in [5, 5.41) is 5.03. The Morgan fingerprint density at radius 3 is 2.78 bits per heavy atom. The van der Waals surface area contributed by atoms with Crippen molar-refractivity contribution in [3.05, 3.63) is 18.5 Å². The van der Waals surface area contributed by atoms with Crippen LogP contribution in [0.25, 0.3) is 11.2 Å². The van der Waals surface area contributed by atoms with E-state index in [9.17, 15) is 13.2 Å². The van der Waals surface area contributed by atoms with Crippen LogP contribution in [0, 0.1) is 0 Å². The summed E-state index contributed by atoms with van der Waals surface area (Å²) in [6.45, 7) is 12.1. The lowest BCUT2D eigenvalue weighted by Gasteiger charge is -2.19. The molecule has 0 unspecified atom stereocenters. The van der Waals surface area contributed by atoms with Gasteiger partial charge in [-0.15, -0.1) is 0 Å². The lowest BCUT2D eigenvalue weighted by Crippen LogP contribution is -2.41. The lowest BCUT2D eigenvalue weighted by molar-refractivity contribution is 0.0899. The molecule has 3 rings (SSSR count). The van der Waals surface area contributed by atoms with Gasteiger partial charge < -0.3 is 14.6 Å². The Morgan fingerprint density at radius 2 is 2.09 bits per heavy atom. The molecule has 2 N–H and O–H groups in total. The molecule has 3 heterocycles. The molecule has 0 aliphatic carbocycles. The normalized spacial score (nSPS) is 17.9. The summed E-state index contributed by atoms with van der Waals surface area (Å²) in [6.07, 6.45) is 3.95.